The van der Waals surface area contributed by atoms with E-state index in [-0.39, 0.29) is 12.6 Å². The third kappa shape index (κ3) is 5.48. The van der Waals surface area contributed by atoms with Crippen LogP contribution in [0.15, 0.2) is 42.5 Å². The van der Waals surface area contributed by atoms with E-state index in [9.17, 15) is 13.9 Å². The Labute approximate surface area is 159 Å². The maximum atomic E-state index is 13.4. The van der Waals surface area contributed by atoms with E-state index >= 15 is 0 Å². The number of nitrogens with zero attached hydrogens (tertiary/aromatic N) is 2. The Morgan fingerprint density at radius 1 is 1.04 bits per heavy atom. The molecule has 0 spiro atoms. The third-order valence-electron chi connectivity index (χ3n) is 5.00. The molecule has 0 aliphatic carbocycles. The molecule has 27 heavy (non-hydrogen) atoms. The number of halogens is 2. The van der Waals surface area contributed by atoms with Crippen molar-refractivity contribution < 1.29 is 18.6 Å². The van der Waals surface area contributed by atoms with E-state index in [1.54, 1.807) is 7.11 Å². The van der Waals surface area contributed by atoms with E-state index in [0.29, 0.717) is 18.5 Å². The first-order chi connectivity index (χ1) is 13.1. The van der Waals surface area contributed by atoms with Gasteiger partial charge in [0, 0.05) is 51.4 Å². The Morgan fingerprint density at radius 3 is 2.52 bits per heavy atom. The van der Waals surface area contributed by atoms with Crippen LogP contribution in [0, 0.1) is 11.6 Å². The summed E-state index contributed by atoms with van der Waals surface area (Å²) in [4.78, 5) is 4.55. The molecular weight excluding hydrogens is 350 g/mol. The summed E-state index contributed by atoms with van der Waals surface area (Å²) in [6.07, 6.45) is 0.665. The lowest BCUT2D eigenvalue weighted by Gasteiger charge is -2.41. The quantitative estimate of drug-likeness (QED) is 0.806. The summed E-state index contributed by atoms with van der Waals surface area (Å²) in [5, 5.41) is 9.47. The molecular formula is C21H26F2N2O2. The molecule has 1 heterocycles. The smallest absolute Gasteiger partial charge is 0.126 e. The molecule has 1 aliphatic heterocycles. The SMILES string of the molecule is COc1cccc(CN2CCN(Cc3cc(F)cc(F)c3)CC2CCO)c1. The van der Waals surface area contributed by atoms with Crippen molar-refractivity contribution in [3.63, 3.8) is 0 Å². The Bertz CT molecular complexity index is 736. The van der Waals surface area contributed by atoms with Crippen molar-refractivity contribution in [1.29, 1.82) is 0 Å². The number of aliphatic hydroxyl groups is 1. The molecule has 0 aromatic heterocycles. The molecule has 2 aromatic rings. The van der Waals surface area contributed by atoms with Gasteiger partial charge in [0.1, 0.15) is 17.4 Å². The normalized spacial score (nSPS) is 18.6. The van der Waals surface area contributed by atoms with Crippen molar-refractivity contribution in [3.05, 3.63) is 65.2 Å². The first-order valence-electron chi connectivity index (χ1n) is 9.22. The van der Waals surface area contributed by atoms with Crippen LogP contribution in [0.5, 0.6) is 5.75 Å². The predicted molar refractivity (Wildman–Crippen MR) is 101 cm³/mol. The topological polar surface area (TPSA) is 35.9 Å². The number of methoxy groups -OCH3 is 1. The fourth-order valence-corrected chi connectivity index (χ4v) is 3.70. The van der Waals surface area contributed by atoms with Crippen molar-refractivity contribution >= 4 is 0 Å². The molecule has 1 N–H and O–H groups in total. The predicted octanol–water partition coefficient (Wildman–Crippen LogP) is 3.04. The highest BCUT2D eigenvalue weighted by Crippen LogP contribution is 2.21. The van der Waals surface area contributed by atoms with Gasteiger partial charge in [-0.3, -0.25) is 9.80 Å². The number of rotatable bonds is 7. The number of piperazine rings is 1. The van der Waals surface area contributed by atoms with E-state index in [1.165, 1.54) is 12.1 Å². The van der Waals surface area contributed by atoms with Crippen LogP contribution >= 0.6 is 0 Å². The highest BCUT2D eigenvalue weighted by molar-refractivity contribution is 5.28. The van der Waals surface area contributed by atoms with E-state index in [2.05, 4.69) is 15.9 Å². The van der Waals surface area contributed by atoms with Gasteiger partial charge in [-0.2, -0.15) is 0 Å². The summed E-state index contributed by atoms with van der Waals surface area (Å²) in [5.41, 5.74) is 1.80. The summed E-state index contributed by atoms with van der Waals surface area (Å²) in [5.74, 6) is -0.264. The molecule has 1 saturated heterocycles. The zero-order valence-corrected chi connectivity index (χ0v) is 15.6. The zero-order valence-electron chi connectivity index (χ0n) is 15.6. The van der Waals surface area contributed by atoms with Crippen molar-refractivity contribution in [1.82, 2.24) is 9.80 Å². The lowest BCUT2D eigenvalue weighted by atomic mass is 10.1. The standard InChI is InChI=1S/C21H26F2N2O2/c1-27-21-4-2-3-16(11-21)14-25-7-6-24(15-20(25)5-8-26)13-17-9-18(22)12-19(23)10-17/h2-4,9-12,20,26H,5-8,13-15H2,1H3. The largest absolute Gasteiger partial charge is 0.497 e. The van der Waals surface area contributed by atoms with Gasteiger partial charge in [-0.05, 0) is 41.8 Å². The highest BCUT2D eigenvalue weighted by atomic mass is 19.1. The molecule has 1 fully saturated rings. The second kappa shape index (κ2) is 9.26. The van der Waals surface area contributed by atoms with Gasteiger partial charge in [0.2, 0.25) is 0 Å². The van der Waals surface area contributed by atoms with Crippen LogP contribution in [-0.2, 0) is 13.1 Å². The van der Waals surface area contributed by atoms with E-state index in [4.69, 9.17) is 4.74 Å². The fraction of sp³-hybridized carbons (Fsp3) is 0.429. The van der Waals surface area contributed by atoms with Crippen molar-refractivity contribution in [3.8, 4) is 5.75 Å². The molecule has 1 aliphatic rings. The van der Waals surface area contributed by atoms with Gasteiger partial charge >= 0.3 is 0 Å². The van der Waals surface area contributed by atoms with E-state index in [1.807, 2.05) is 18.2 Å². The molecule has 0 radical (unpaired) electrons. The van der Waals surface area contributed by atoms with Gasteiger partial charge in [0.05, 0.1) is 7.11 Å². The Balaban J connectivity index is 1.65. The maximum absolute atomic E-state index is 13.4. The second-order valence-electron chi connectivity index (χ2n) is 7.00. The molecule has 4 nitrogen and oxygen atoms in total. The van der Waals surface area contributed by atoms with Crippen molar-refractivity contribution in [2.75, 3.05) is 33.4 Å². The molecule has 2 aromatic carbocycles. The lowest BCUT2D eigenvalue weighted by molar-refractivity contribution is 0.0498. The summed E-state index contributed by atoms with van der Waals surface area (Å²) < 4.78 is 32.2. The van der Waals surface area contributed by atoms with Gasteiger partial charge in [-0.25, -0.2) is 8.78 Å². The van der Waals surface area contributed by atoms with Crippen molar-refractivity contribution in [2.45, 2.75) is 25.6 Å². The van der Waals surface area contributed by atoms with Crippen LogP contribution in [0.3, 0.4) is 0 Å². The Hall–Kier alpha value is -2.02. The number of benzene rings is 2. The van der Waals surface area contributed by atoms with Gasteiger partial charge in [0.15, 0.2) is 0 Å². The molecule has 0 saturated carbocycles. The monoisotopic (exact) mass is 376 g/mol. The maximum Gasteiger partial charge on any atom is 0.126 e. The van der Waals surface area contributed by atoms with Crippen LogP contribution in [0.4, 0.5) is 8.78 Å². The lowest BCUT2D eigenvalue weighted by Crippen LogP contribution is -2.52. The molecule has 146 valence electrons. The molecule has 3 rings (SSSR count). The summed E-state index contributed by atoms with van der Waals surface area (Å²) in [6.45, 7) is 3.79. The molecule has 0 amide bonds. The molecule has 1 atom stereocenters. The number of ether oxygens (including phenoxy) is 1. The van der Waals surface area contributed by atoms with Crippen molar-refractivity contribution in [2.24, 2.45) is 0 Å². The van der Waals surface area contributed by atoms with Crippen LogP contribution in [0.2, 0.25) is 0 Å². The van der Waals surface area contributed by atoms with Crippen LogP contribution in [0.25, 0.3) is 0 Å². The summed E-state index contributed by atoms with van der Waals surface area (Å²) in [7, 11) is 1.65. The van der Waals surface area contributed by atoms with Crippen LogP contribution in [-0.4, -0.2) is 54.3 Å². The van der Waals surface area contributed by atoms with Gasteiger partial charge < -0.3 is 9.84 Å². The average molecular weight is 376 g/mol. The summed E-state index contributed by atoms with van der Waals surface area (Å²) >= 11 is 0. The highest BCUT2D eigenvalue weighted by Gasteiger charge is 2.26. The first kappa shape index (κ1) is 19.7. The minimum absolute atomic E-state index is 0.113. The number of hydrogen-bond donors (Lipinski definition) is 1. The van der Waals surface area contributed by atoms with Crippen LogP contribution in [0.1, 0.15) is 17.5 Å². The van der Waals surface area contributed by atoms with Gasteiger partial charge in [0.25, 0.3) is 0 Å². The first-order valence-corrected chi connectivity index (χ1v) is 9.22. The number of aliphatic hydroxyl groups excluding tert-OH is 1. The van der Waals surface area contributed by atoms with Gasteiger partial charge in [-0.15, -0.1) is 0 Å². The molecule has 1 unspecified atom stereocenters. The second-order valence-corrected chi connectivity index (χ2v) is 7.00. The van der Waals surface area contributed by atoms with Crippen LogP contribution < -0.4 is 4.74 Å². The number of hydrogen-bond acceptors (Lipinski definition) is 4. The zero-order chi connectivity index (χ0) is 19.2. The minimum Gasteiger partial charge on any atom is -0.497 e. The van der Waals surface area contributed by atoms with Gasteiger partial charge in [-0.1, -0.05) is 12.1 Å². The van der Waals surface area contributed by atoms with E-state index in [0.717, 1.165) is 43.6 Å². The summed E-state index contributed by atoms with van der Waals surface area (Å²) in [6, 6.07) is 11.8. The van der Waals surface area contributed by atoms with E-state index < -0.39 is 11.6 Å². The minimum atomic E-state index is -0.548. The Kier molecular flexibility index (Phi) is 6.77. The molecule has 0 bridgehead atoms. The third-order valence-corrected chi connectivity index (χ3v) is 5.00. The fourth-order valence-electron chi connectivity index (χ4n) is 3.70. The molecule has 6 heteroatoms. The Morgan fingerprint density at radius 2 is 1.81 bits per heavy atom. The average Bonchev–Trinajstić information content (AvgIpc) is 2.63.